The maximum atomic E-state index is 6.11. The molecule has 0 bridgehead atoms. The molecule has 0 radical (unpaired) electrons. The van der Waals surface area contributed by atoms with Crippen LogP contribution in [0.3, 0.4) is 0 Å². The normalized spacial score (nSPS) is 19.8. The minimum atomic E-state index is 0.446. The molecule has 3 nitrogen and oxygen atoms in total. The van der Waals surface area contributed by atoms with E-state index in [4.69, 9.17) is 4.42 Å². The zero-order chi connectivity index (χ0) is 14.9. The highest BCUT2D eigenvalue weighted by Gasteiger charge is 2.27. The number of hydrogen-bond acceptors (Lipinski definition) is 4. The van der Waals surface area contributed by atoms with Crippen LogP contribution in [0.1, 0.15) is 41.6 Å². The van der Waals surface area contributed by atoms with Crippen molar-refractivity contribution in [2.45, 2.75) is 38.8 Å². The lowest BCUT2D eigenvalue weighted by atomic mass is 10.0. The van der Waals surface area contributed by atoms with Gasteiger partial charge in [0.1, 0.15) is 16.4 Å². The zero-order valence-electron chi connectivity index (χ0n) is 12.8. The summed E-state index contributed by atoms with van der Waals surface area (Å²) in [5, 5.41) is 4.56. The fraction of sp³-hybridized carbons (Fsp3) is 0.389. The maximum Gasteiger partial charge on any atom is 0.134 e. The topological polar surface area (TPSA) is 29.3 Å². The van der Waals surface area contributed by atoms with E-state index in [9.17, 15) is 0 Å². The Labute approximate surface area is 134 Å². The lowest BCUT2D eigenvalue weighted by molar-refractivity contribution is 0.130. The largest absolute Gasteiger partial charge is 0.459 e. The highest BCUT2D eigenvalue weighted by molar-refractivity contribution is 7.09. The Hall–Kier alpha value is -1.65. The van der Waals surface area contributed by atoms with Crippen molar-refractivity contribution < 1.29 is 4.42 Å². The quantitative estimate of drug-likeness (QED) is 0.687. The molecule has 1 fully saturated rings. The van der Waals surface area contributed by atoms with Crippen LogP contribution in [0.4, 0.5) is 0 Å². The summed E-state index contributed by atoms with van der Waals surface area (Å²) in [5.41, 5.74) is 2.27. The van der Waals surface area contributed by atoms with E-state index < -0.39 is 0 Å². The number of fused-ring (bicyclic) bond motifs is 1. The van der Waals surface area contributed by atoms with Crippen LogP contribution in [0.2, 0.25) is 0 Å². The van der Waals surface area contributed by atoms with Crippen molar-refractivity contribution in [2.24, 2.45) is 0 Å². The fourth-order valence-electron chi connectivity index (χ4n) is 3.42. The van der Waals surface area contributed by atoms with Crippen LogP contribution in [0, 0.1) is 6.92 Å². The molecule has 0 aliphatic carbocycles. The van der Waals surface area contributed by atoms with Gasteiger partial charge in [0.25, 0.3) is 0 Å². The molecular weight excluding hydrogens is 292 g/mol. The second-order valence-corrected chi connectivity index (χ2v) is 6.92. The van der Waals surface area contributed by atoms with E-state index >= 15 is 0 Å². The molecule has 3 aromatic rings. The van der Waals surface area contributed by atoms with Gasteiger partial charge >= 0.3 is 0 Å². The van der Waals surface area contributed by atoms with Crippen molar-refractivity contribution in [1.29, 1.82) is 0 Å². The van der Waals surface area contributed by atoms with E-state index in [2.05, 4.69) is 40.4 Å². The van der Waals surface area contributed by atoms with Gasteiger partial charge in [0.05, 0.1) is 12.6 Å². The molecule has 4 rings (SSSR count). The Balaban J connectivity index is 1.64. The average molecular weight is 312 g/mol. The van der Waals surface area contributed by atoms with Crippen LogP contribution in [-0.4, -0.2) is 16.4 Å². The number of aromatic nitrogens is 1. The summed E-state index contributed by atoms with van der Waals surface area (Å²) in [5.74, 6) is 1.10. The summed E-state index contributed by atoms with van der Waals surface area (Å²) in [6.45, 7) is 4.18. The Morgan fingerprint density at radius 2 is 2.23 bits per heavy atom. The van der Waals surface area contributed by atoms with Crippen molar-refractivity contribution in [3.8, 4) is 0 Å². The number of thiazole rings is 1. The summed E-state index contributed by atoms with van der Waals surface area (Å²) in [6, 6.07) is 8.76. The molecule has 1 unspecified atom stereocenters. The average Bonchev–Trinajstić information content (AvgIpc) is 3.18. The SMILES string of the molecule is Cc1c(CN2CCCCC2c2nccs2)oc2ccccc12. The van der Waals surface area contributed by atoms with Crippen LogP contribution in [0.15, 0.2) is 40.3 Å². The molecule has 2 aromatic heterocycles. The molecule has 1 atom stereocenters. The Morgan fingerprint density at radius 3 is 3.05 bits per heavy atom. The van der Waals surface area contributed by atoms with Crippen LogP contribution in [0.5, 0.6) is 0 Å². The van der Waals surface area contributed by atoms with Crippen LogP contribution < -0.4 is 0 Å². The number of nitrogens with zero attached hydrogens (tertiary/aromatic N) is 2. The lowest BCUT2D eigenvalue weighted by Gasteiger charge is -2.33. The molecule has 3 heterocycles. The van der Waals surface area contributed by atoms with Gasteiger partial charge in [-0.25, -0.2) is 4.98 Å². The molecule has 0 saturated carbocycles. The van der Waals surface area contributed by atoms with E-state index in [-0.39, 0.29) is 0 Å². The first-order chi connectivity index (χ1) is 10.8. The number of likely N-dealkylation sites (tertiary alicyclic amines) is 1. The number of para-hydroxylation sites is 1. The second kappa shape index (κ2) is 5.86. The molecule has 1 aromatic carbocycles. The number of hydrogen-bond donors (Lipinski definition) is 0. The summed E-state index contributed by atoms with van der Waals surface area (Å²) in [4.78, 5) is 7.08. The van der Waals surface area contributed by atoms with Crippen LogP contribution in [0.25, 0.3) is 11.0 Å². The third-order valence-corrected chi connectivity index (χ3v) is 5.52. The maximum absolute atomic E-state index is 6.11. The van der Waals surface area contributed by atoms with Crippen LogP contribution >= 0.6 is 11.3 Å². The molecule has 114 valence electrons. The first-order valence-corrected chi connectivity index (χ1v) is 8.81. The lowest BCUT2D eigenvalue weighted by Crippen LogP contribution is -2.32. The summed E-state index contributed by atoms with van der Waals surface area (Å²) >= 11 is 1.77. The number of benzene rings is 1. The number of piperidine rings is 1. The molecule has 4 heteroatoms. The Morgan fingerprint density at radius 1 is 1.32 bits per heavy atom. The van der Waals surface area contributed by atoms with Gasteiger partial charge in [0, 0.05) is 17.0 Å². The highest BCUT2D eigenvalue weighted by Crippen LogP contribution is 2.35. The standard InChI is InChI=1S/C18H20N2OS/c1-13-14-6-2-3-8-16(14)21-17(13)12-20-10-5-4-7-15(20)18-19-9-11-22-18/h2-3,6,8-9,11,15H,4-5,7,10,12H2,1H3. The predicted octanol–water partition coefficient (Wildman–Crippen LogP) is 4.92. The van der Waals surface area contributed by atoms with Gasteiger partial charge in [-0.1, -0.05) is 24.6 Å². The van der Waals surface area contributed by atoms with Gasteiger partial charge in [-0.2, -0.15) is 0 Å². The van der Waals surface area contributed by atoms with Gasteiger partial charge in [-0.15, -0.1) is 11.3 Å². The van der Waals surface area contributed by atoms with Gasteiger partial charge in [-0.05, 0) is 37.9 Å². The Kier molecular flexibility index (Phi) is 3.72. The Bertz CT molecular complexity index is 763. The van der Waals surface area contributed by atoms with Crippen molar-refractivity contribution >= 4 is 22.3 Å². The number of rotatable bonds is 3. The summed E-state index contributed by atoms with van der Waals surface area (Å²) in [7, 11) is 0. The van der Waals surface area contributed by atoms with E-state index in [0.29, 0.717) is 6.04 Å². The van der Waals surface area contributed by atoms with Gasteiger partial charge in [-0.3, -0.25) is 4.90 Å². The van der Waals surface area contributed by atoms with Crippen molar-refractivity contribution in [2.75, 3.05) is 6.54 Å². The molecule has 0 spiro atoms. The smallest absolute Gasteiger partial charge is 0.134 e. The first kappa shape index (κ1) is 14.0. The van der Waals surface area contributed by atoms with Gasteiger partial charge in [0.15, 0.2) is 0 Å². The van der Waals surface area contributed by atoms with E-state index in [1.807, 2.05) is 12.3 Å². The zero-order valence-corrected chi connectivity index (χ0v) is 13.6. The highest BCUT2D eigenvalue weighted by atomic mass is 32.1. The molecule has 22 heavy (non-hydrogen) atoms. The van der Waals surface area contributed by atoms with Crippen LogP contribution in [-0.2, 0) is 6.54 Å². The third kappa shape index (κ3) is 2.46. The van der Waals surface area contributed by atoms with Crippen molar-refractivity contribution in [3.05, 3.63) is 52.2 Å². The van der Waals surface area contributed by atoms with Crippen molar-refractivity contribution in [3.63, 3.8) is 0 Å². The monoisotopic (exact) mass is 312 g/mol. The minimum absolute atomic E-state index is 0.446. The van der Waals surface area contributed by atoms with E-state index in [1.165, 1.54) is 35.2 Å². The first-order valence-electron chi connectivity index (χ1n) is 7.93. The third-order valence-electron chi connectivity index (χ3n) is 4.64. The second-order valence-electron chi connectivity index (χ2n) is 6.00. The fourth-order valence-corrected chi connectivity index (χ4v) is 4.23. The molecule has 0 amide bonds. The molecular formula is C18H20N2OS. The van der Waals surface area contributed by atoms with E-state index in [1.54, 1.807) is 11.3 Å². The number of aryl methyl sites for hydroxylation is 1. The van der Waals surface area contributed by atoms with E-state index in [0.717, 1.165) is 24.4 Å². The minimum Gasteiger partial charge on any atom is -0.459 e. The molecule has 0 N–H and O–H groups in total. The molecule has 1 aliphatic rings. The van der Waals surface area contributed by atoms with Crippen molar-refractivity contribution in [1.82, 2.24) is 9.88 Å². The molecule has 1 saturated heterocycles. The summed E-state index contributed by atoms with van der Waals surface area (Å²) in [6.07, 6.45) is 5.67. The number of furan rings is 1. The molecule has 1 aliphatic heterocycles. The summed E-state index contributed by atoms with van der Waals surface area (Å²) < 4.78 is 6.11. The van der Waals surface area contributed by atoms with Gasteiger partial charge in [0.2, 0.25) is 0 Å². The van der Waals surface area contributed by atoms with Gasteiger partial charge < -0.3 is 4.42 Å². The predicted molar refractivity (Wildman–Crippen MR) is 90.1 cm³/mol.